The van der Waals surface area contributed by atoms with Crippen LogP contribution in [0.2, 0.25) is 0 Å². The Bertz CT molecular complexity index is 1100. The van der Waals surface area contributed by atoms with E-state index in [0.717, 1.165) is 24.2 Å². The number of hydrogen-bond acceptors (Lipinski definition) is 6. The molecule has 2 saturated heterocycles. The third-order valence-corrected chi connectivity index (χ3v) is 6.34. The molecule has 0 radical (unpaired) electrons. The van der Waals surface area contributed by atoms with Crippen LogP contribution in [-0.2, 0) is 20.7 Å². The molecule has 3 heterocycles. The minimum Gasteiger partial charge on any atom is -0.508 e. The van der Waals surface area contributed by atoms with Crippen molar-refractivity contribution in [1.29, 1.82) is 0 Å². The lowest BCUT2D eigenvalue weighted by Gasteiger charge is -2.27. The number of aliphatic hydroxyl groups excluding tert-OH is 1. The van der Waals surface area contributed by atoms with Crippen molar-refractivity contribution in [3.63, 3.8) is 0 Å². The lowest BCUT2D eigenvalue weighted by Crippen LogP contribution is -2.36. The van der Waals surface area contributed by atoms with Crippen molar-refractivity contribution >= 4 is 17.4 Å². The summed E-state index contributed by atoms with van der Waals surface area (Å²) in [5, 5.41) is 21.0. The molecule has 0 spiro atoms. The SMILES string of the molecule is C[C@@H]1Cc2cc(C(O)=C3C(=O)C(=O)N(C[C@@H]4CCCO4)[C@@H]3c3ccc(O)cc3)ccc2O1. The van der Waals surface area contributed by atoms with Crippen LogP contribution in [0.4, 0.5) is 0 Å². The summed E-state index contributed by atoms with van der Waals surface area (Å²) >= 11 is 0. The Morgan fingerprint density at radius 3 is 2.66 bits per heavy atom. The zero-order valence-corrected chi connectivity index (χ0v) is 17.8. The van der Waals surface area contributed by atoms with Crippen LogP contribution < -0.4 is 4.74 Å². The summed E-state index contributed by atoms with van der Waals surface area (Å²) in [6.07, 6.45) is 2.34. The van der Waals surface area contributed by atoms with Gasteiger partial charge < -0.3 is 24.6 Å². The summed E-state index contributed by atoms with van der Waals surface area (Å²) in [6.45, 7) is 2.87. The van der Waals surface area contributed by atoms with E-state index in [9.17, 15) is 19.8 Å². The van der Waals surface area contributed by atoms with Crippen LogP contribution in [0, 0.1) is 0 Å². The van der Waals surface area contributed by atoms with Crippen LogP contribution in [-0.4, -0.2) is 52.2 Å². The fraction of sp³-hybridized carbons (Fsp3) is 0.360. The maximum atomic E-state index is 13.1. The molecule has 0 saturated carbocycles. The largest absolute Gasteiger partial charge is 0.508 e. The number of phenolic OH excluding ortho intramolecular Hbond substituents is 1. The van der Waals surface area contributed by atoms with Gasteiger partial charge in [0.2, 0.25) is 0 Å². The topological polar surface area (TPSA) is 96.3 Å². The number of benzene rings is 2. The predicted molar refractivity (Wildman–Crippen MR) is 116 cm³/mol. The standard InChI is InChI=1S/C25H25NO6/c1-14-11-17-12-16(6-9-20(17)32-14)23(28)21-22(15-4-7-18(27)8-5-15)26(25(30)24(21)29)13-19-3-2-10-31-19/h4-9,12,14,19,22,27-28H,2-3,10-11,13H2,1H3/t14-,19+,22-/m1/s1. The van der Waals surface area contributed by atoms with E-state index >= 15 is 0 Å². The molecule has 0 unspecified atom stereocenters. The van der Waals surface area contributed by atoms with Crippen molar-refractivity contribution in [2.24, 2.45) is 0 Å². The van der Waals surface area contributed by atoms with Gasteiger partial charge in [-0.2, -0.15) is 0 Å². The molecule has 166 valence electrons. The van der Waals surface area contributed by atoms with Gasteiger partial charge in [-0.3, -0.25) is 9.59 Å². The van der Waals surface area contributed by atoms with Crippen molar-refractivity contribution < 1.29 is 29.3 Å². The molecule has 3 aliphatic rings. The Balaban J connectivity index is 1.59. The molecule has 2 aromatic carbocycles. The number of fused-ring (bicyclic) bond motifs is 1. The summed E-state index contributed by atoms with van der Waals surface area (Å²) in [7, 11) is 0. The second-order valence-corrected chi connectivity index (χ2v) is 8.63. The Kier molecular flexibility index (Phi) is 5.13. The number of rotatable bonds is 4. The molecule has 3 atom stereocenters. The minimum atomic E-state index is -0.761. The second kappa shape index (κ2) is 7.98. The molecule has 3 aliphatic heterocycles. The lowest BCUT2D eigenvalue weighted by atomic mass is 9.94. The fourth-order valence-corrected chi connectivity index (χ4v) is 4.80. The predicted octanol–water partition coefficient (Wildman–Crippen LogP) is 3.32. The molecule has 0 bridgehead atoms. The van der Waals surface area contributed by atoms with Crippen molar-refractivity contribution in [2.75, 3.05) is 13.2 Å². The molecule has 1 amide bonds. The van der Waals surface area contributed by atoms with Crippen LogP contribution in [0.15, 0.2) is 48.0 Å². The average Bonchev–Trinajstić information content (AvgIpc) is 3.48. The molecule has 0 aliphatic carbocycles. The third-order valence-electron chi connectivity index (χ3n) is 6.34. The summed E-state index contributed by atoms with van der Waals surface area (Å²) in [4.78, 5) is 27.6. The number of ether oxygens (including phenoxy) is 2. The molecule has 7 nitrogen and oxygen atoms in total. The molecule has 5 rings (SSSR count). The zero-order valence-electron chi connectivity index (χ0n) is 17.8. The number of aromatic hydroxyl groups is 1. The van der Waals surface area contributed by atoms with E-state index in [1.54, 1.807) is 24.3 Å². The molecule has 2 fully saturated rings. The van der Waals surface area contributed by atoms with Crippen LogP contribution in [0.1, 0.15) is 42.5 Å². The summed E-state index contributed by atoms with van der Waals surface area (Å²) in [5.74, 6) is -0.735. The zero-order chi connectivity index (χ0) is 22.4. The highest BCUT2D eigenvalue weighted by Gasteiger charge is 2.47. The van der Waals surface area contributed by atoms with Gasteiger partial charge in [0.05, 0.1) is 17.7 Å². The molecule has 0 aromatic heterocycles. The van der Waals surface area contributed by atoms with Gasteiger partial charge in [0, 0.05) is 25.1 Å². The summed E-state index contributed by atoms with van der Waals surface area (Å²) < 4.78 is 11.4. The number of carbonyl (C=O) groups is 2. The first-order valence-electron chi connectivity index (χ1n) is 10.9. The van der Waals surface area contributed by atoms with Crippen molar-refractivity contribution in [3.05, 3.63) is 64.7 Å². The highest BCUT2D eigenvalue weighted by atomic mass is 16.5. The Labute approximate surface area is 185 Å². The molecule has 32 heavy (non-hydrogen) atoms. The van der Waals surface area contributed by atoms with E-state index in [0.29, 0.717) is 24.2 Å². The van der Waals surface area contributed by atoms with Crippen LogP contribution in [0.5, 0.6) is 11.5 Å². The number of likely N-dealkylation sites (tertiary alicyclic amines) is 1. The fourth-order valence-electron chi connectivity index (χ4n) is 4.80. The monoisotopic (exact) mass is 435 g/mol. The minimum absolute atomic E-state index is 0.0469. The number of Topliss-reactive ketones (excluding diaryl/α,β-unsaturated/α-hetero) is 1. The van der Waals surface area contributed by atoms with Crippen molar-refractivity contribution in [1.82, 2.24) is 4.90 Å². The van der Waals surface area contributed by atoms with Crippen LogP contribution in [0.3, 0.4) is 0 Å². The average molecular weight is 435 g/mol. The Morgan fingerprint density at radius 2 is 1.94 bits per heavy atom. The first-order valence-corrected chi connectivity index (χ1v) is 10.9. The lowest BCUT2D eigenvalue weighted by molar-refractivity contribution is -0.140. The Hall–Kier alpha value is -3.32. The maximum Gasteiger partial charge on any atom is 0.295 e. The number of carbonyl (C=O) groups excluding carboxylic acids is 2. The van der Waals surface area contributed by atoms with Gasteiger partial charge in [0.15, 0.2) is 0 Å². The smallest absolute Gasteiger partial charge is 0.295 e. The normalized spacial score (nSPS) is 26.4. The summed E-state index contributed by atoms with van der Waals surface area (Å²) in [6, 6.07) is 10.9. The quantitative estimate of drug-likeness (QED) is 0.435. The van der Waals surface area contributed by atoms with E-state index in [1.165, 1.54) is 17.0 Å². The molecular formula is C25H25NO6. The van der Waals surface area contributed by atoms with Gasteiger partial charge in [0.25, 0.3) is 11.7 Å². The van der Waals surface area contributed by atoms with E-state index in [4.69, 9.17) is 9.47 Å². The van der Waals surface area contributed by atoms with Gasteiger partial charge in [0.1, 0.15) is 23.4 Å². The van der Waals surface area contributed by atoms with Gasteiger partial charge in [-0.05, 0) is 61.2 Å². The number of amides is 1. The summed E-state index contributed by atoms with van der Waals surface area (Å²) in [5.41, 5.74) is 2.11. The van der Waals surface area contributed by atoms with E-state index in [2.05, 4.69) is 0 Å². The number of phenols is 1. The van der Waals surface area contributed by atoms with Crippen LogP contribution in [0.25, 0.3) is 5.76 Å². The van der Waals surface area contributed by atoms with Gasteiger partial charge in [-0.15, -0.1) is 0 Å². The molecule has 2 aromatic rings. The first-order chi connectivity index (χ1) is 15.4. The highest BCUT2D eigenvalue weighted by molar-refractivity contribution is 6.46. The van der Waals surface area contributed by atoms with E-state index in [-0.39, 0.29) is 35.8 Å². The maximum absolute atomic E-state index is 13.1. The number of aliphatic hydroxyl groups is 1. The Morgan fingerprint density at radius 1 is 1.16 bits per heavy atom. The van der Waals surface area contributed by atoms with E-state index < -0.39 is 17.7 Å². The second-order valence-electron chi connectivity index (χ2n) is 8.63. The number of hydrogen-bond donors (Lipinski definition) is 2. The first kappa shape index (κ1) is 20.6. The number of ketones is 1. The van der Waals surface area contributed by atoms with E-state index in [1.807, 2.05) is 13.0 Å². The van der Waals surface area contributed by atoms with Gasteiger partial charge in [-0.1, -0.05) is 12.1 Å². The van der Waals surface area contributed by atoms with Crippen molar-refractivity contribution in [2.45, 2.75) is 44.4 Å². The van der Waals surface area contributed by atoms with Crippen LogP contribution >= 0.6 is 0 Å². The molecular weight excluding hydrogens is 410 g/mol. The van der Waals surface area contributed by atoms with Crippen molar-refractivity contribution in [3.8, 4) is 11.5 Å². The third kappa shape index (κ3) is 3.52. The highest BCUT2D eigenvalue weighted by Crippen LogP contribution is 2.41. The van der Waals surface area contributed by atoms with Gasteiger partial charge >= 0.3 is 0 Å². The number of nitrogens with zero attached hydrogens (tertiary/aromatic N) is 1. The molecule has 7 heteroatoms. The van der Waals surface area contributed by atoms with Gasteiger partial charge in [-0.25, -0.2) is 0 Å². The molecule has 2 N–H and O–H groups in total.